The third kappa shape index (κ3) is 7.59. The Bertz CT molecular complexity index is 881. The first-order valence-corrected chi connectivity index (χ1v) is 11.1. The highest BCUT2D eigenvalue weighted by molar-refractivity contribution is 6.30. The van der Waals surface area contributed by atoms with E-state index in [1.807, 2.05) is 65.0 Å². The maximum absolute atomic E-state index is 13.2. The summed E-state index contributed by atoms with van der Waals surface area (Å²) in [7, 11) is 0. The molecule has 168 valence electrons. The van der Waals surface area contributed by atoms with Crippen LogP contribution in [0.15, 0.2) is 42.5 Å². The van der Waals surface area contributed by atoms with Gasteiger partial charge >= 0.3 is 0 Å². The van der Waals surface area contributed by atoms with Gasteiger partial charge in [-0.05, 0) is 67.1 Å². The molecule has 0 heterocycles. The van der Waals surface area contributed by atoms with E-state index in [9.17, 15) is 9.59 Å². The summed E-state index contributed by atoms with van der Waals surface area (Å²) in [4.78, 5) is 27.6. The maximum Gasteiger partial charge on any atom is 0.261 e. The molecule has 0 saturated heterocycles. The van der Waals surface area contributed by atoms with Crippen LogP contribution in [0.25, 0.3) is 0 Å². The van der Waals surface area contributed by atoms with Gasteiger partial charge in [-0.15, -0.1) is 0 Å². The summed E-state index contributed by atoms with van der Waals surface area (Å²) in [6.07, 6.45) is 0.507. The molecule has 31 heavy (non-hydrogen) atoms. The number of hydrogen-bond donors (Lipinski definition) is 1. The van der Waals surface area contributed by atoms with Crippen LogP contribution < -0.4 is 10.1 Å². The number of benzene rings is 2. The Balaban J connectivity index is 2.19. The first-order valence-electron chi connectivity index (χ1n) is 10.7. The third-order valence-electron chi connectivity index (χ3n) is 5.18. The quantitative estimate of drug-likeness (QED) is 0.566. The Labute approximate surface area is 190 Å². The van der Waals surface area contributed by atoms with E-state index in [4.69, 9.17) is 16.3 Å². The second-order valence-electron chi connectivity index (χ2n) is 8.25. The maximum atomic E-state index is 13.2. The van der Waals surface area contributed by atoms with Crippen molar-refractivity contribution >= 4 is 23.4 Å². The molecule has 0 saturated carbocycles. The lowest BCUT2D eigenvalue weighted by atomic mass is 10.1. The Morgan fingerprint density at radius 3 is 2.32 bits per heavy atom. The van der Waals surface area contributed by atoms with Crippen molar-refractivity contribution in [3.05, 3.63) is 64.2 Å². The van der Waals surface area contributed by atoms with Gasteiger partial charge in [-0.3, -0.25) is 9.59 Å². The first kappa shape index (κ1) is 24.7. The zero-order valence-corrected chi connectivity index (χ0v) is 19.8. The van der Waals surface area contributed by atoms with E-state index in [0.29, 0.717) is 36.2 Å². The van der Waals surface area contributed by atoms with E-state index >= 15 is 0 Å². The minimum absolute atomic E-state index is 0.135. The van der Waals surface area contributed by atoms with Gasteiger partial charge in [0.2, 0.25) is 5.91 Å². The average Bonchev–Trinajstić information content (AvgIpc) is 2.74. The minimum Gasteiger partial charge on any atom is -0.484 e. The molecule has 0 aliphatic carbocycles. The summed E-state index contributed by atoms with van der Waals surface area (Å²) in [5, 5.41) is 3.58. The van der Waals surface area contributed by atoms with Gasteiger partial charge in [0.15, 0.2) is 6.61 Å². The fourth-order valence-electron chi connectivity index (χ4n) is 3.16. The Morgan fingerprint density at radius 1 is 1.06 bits per heavy atom. The molecule has 0 aliphatic heterocycles. The Kier molecular flexibility index (Phi) is 9.38. The molecule has 1 N–H and O–H groups in total. The Morgan fingerprint density at radius 2 is 1.74 bits per heavy atom. The van der Waals surface area contributed by atoms with E-state index in [1.54, 1.807) is 17.0 Å². The highest BCUT2D eigenvalue weighted by atomic mass is 35.5. The van der Waals surface area contributed by atoms with Crippen molar-refractivity contribution in [1.29, 1.82) is 0 Å². The van der Waals surface area contributed by atoms with Gasteiger partial charge in [0.05, 0.1) is 0 Å². The molecule has 2 aromatic carbocycles. The molecular formula is C25H33ClN2O3. The fourth-order valence-corrected chi connectivity index (χ4v) is 3.29. The van der Waals surface area contributed by atoms with Crippen LogP contribution in [0, 0.1) is 19.8 Å². The van der Waals surface area contributed by atoms with Crippen LogP contribution in [0.3, 0.4) is 0 Å². The number of carbonyl (C=O) groups is 2. The molecule has 0 radical (unpaired) electrons. The second kappa shape index (κ2) is 11.8. The number of aryl methyl sites for hydroxylation is 2. The van der Waals surface area contributed by atoms with Crippen LogP contribution in [0.1, 0.15) is 43.9 Å². The van der Waals surface area contributed by atoms with Crippen LogP contribution in [0.5, 0.6) is 5.75 Å². The molecule has 2 amide bonds. The molecule has 0 aliphatic rings. The van der Waals surface area contributed by atoms with Gasteiger partial charge in [0, 0.05) is 18.1 Å². The first-order chi connectivity index (χ1) is 14.7. The summed E-state index contributed by atoms with van der Waals surface area (Å²) in [6, 6.07) is 12.5. The molecular weight excluding hydrogens is 412 g/mol. The summed E-state index contributed by atoms with van der Waals surface area (Å²) >= 11 is 6.00. The van der Waals surface area contributed by atoms with Crippen molar-refractivity contribution in [2.75, 3.05) is 13.2 Å². The van der Waals surface area contributed by atoms with E-state index in [-0.39, 0.29) is 18.4 Å². The fraction of sp³-hybridized carbons (Fsp3) is 0.440. The largest absolute Gasteiger partial charge is 0.484 e. The van der Waals surface area contributed by atoms with Crippen molar-refractivity contribution in [2.24, 2.45) is 5.92 Å². The molecule has 0 aromatic heterocycles. The van der Waals surface area contributed by atoms with E-state index in [0.717, 1.165) is 16.7 Å². The molecule has 0 spiro atoms. The average molecular weight is 445 g/mol. The third-order valence-corrected chi connectivity index (χ3v) is 5.43. The number of hydrogen-bond acceptors (Lipinski definition) is 3. The number of amides is 2. The van der Waals surface area contributed by atoms with Crippen LogP contribution >= 0.6 is 11.6 Å². The molecule has 5 nitrogen and oxygen atoms in total. The lowest BCUT2D eigenvalue weighted by Gasteiger charge is -2.31. The monoisotopic (exact) mass is 444 g/mol. The molecule has 2 aromatic rings. The SMILES string of the molecule is CCC(C(=O)NCC(C)C)N(Cc1ccc(Cl)cc1)C(=O)COc1ccc(C)c(C)c1. The molecule has 1 unspecified atom stereocenters. The highest BCUT2D eigenvalue weighted by Crippen LogP contribution is 2.18. The van der Waals surface area contributed by atoms with Crippen molar-refractivity contribution in [1.82, 2.24) is 10.2 Å². The molecule has 1 atom stereocenters. The van der Waals surface area contributed by atoms with Crippen LogP contribution in [0.2, 0.25) is 5.02 Å². The molecule has 2 rings (SSSR count). The molecule has 0 fully saturated rings. The molecule has 0 bridgehead atoms. The van der Waals surface area contributed by atoms with E-state index in [2.05, 4.69) is 5.32 Å². The normalized spacial score (nSPS) is 11.8. The molecule has 6 heteroatoms. The van der Waals surface area contributed by atoms with Crippen LogP contribution in [0.4, 0.5) is 0 Å². The standard InChI is InChI=1S/C25H33ClN2O3/c1-6-23(25(30)27-14-17(2)3)28(15-20-8-10-21(26)11-9-20)24(29)16-31-22-12-7-18(4)19(5)13-22/h7-13,17,23H,6,14-16H2,1-5H3,(H,27,30). The van der Waals surface area contributed by atoms with Gasteiger partial charge in [-0.2, -0.15) is 0 Å². The van der Waals surface area contributed by atoms with Crippen LogP contribution in [-0.4, -0.2) is 35.9 Å². The zero-order chi connectivity index (χ0) is 23.0. The zero-order valence-electron chi connectivity index (χ0n) is 19.1. The minimum atomic E-state index is -0.578. The van der Waals surface area contributed by atoms with Crippen LogP contribution in [-0.2, 0) is 16.1 Å². The highest BCUT2D eigenvalue weighted by Gasteiger charge is 2.29. The topological polar surface area (TPSA) is 58.6 Å². The van der Waals surface area contributed by atoms with Gasteiger partial charge in [0.1, 0.15) is 11.8 Å². The van der Waals surface area contributed by atoms with E-state index in [1.165, 1.54) is 0 Å². The lowest BCUT2D eigenvalue weighted by Crippen LogP contribution is -2.50. The van der Waals surface area contributed by atoms with Crippen molar-refractivity contribution < 1.29 is 14.3 Å². The summed E-state index contributed by atoms with van der Waals surface area (Å²) in [5.41, 5.74) is 3.16. The number of rotatable bonds is 10. The summed E-state index contributed by atoms with van der Waals surface area (Å²) in [5.74, 6) is 0.583. The van der Waals surface area contributed by atoms with Gasteiger partial charge in [0.25, 0.3) is 5.91 Å². The lowest BCUT2D eigenvalue weighted by molar-refractivity contribution is -0.143. The predicted octanol–water partition coefficient (Wildman–Crippen LogP) is 4.92. The number of ether oxygens (including phenoxy) is 1. The van der Waals surface area contributed by atoms with Crippen molar-refractivity contribution in [3.63, 3.8) is 0 Å². The Hall–Kier alpha value is -2.53. The van der Waals surface area contributed by atoms with Crippen molar-refractivity contribution in [2.45, 2.75) is 53.6 Å². The van der Waals surface area contributed by atoms with Gasteiger partial charge < -0.3 is 15.0 Å². The second-order valence-corrected chi connectivity index (χ2v) is 8.68. The predicted molar refractivity (Wildman–Crippen MR) is 125 cm³/mol. The summed E-state index contributed by atoms with van der Waals surface area (Å²) in [6.45, 7) is 10.8. The number of carbonyl (C=O) groups excluding carboxylic acids is 2. The van der Waals surface area contributed by atoms with E-state index < -0.39 is 6.04 Å². The number of nitrogens with zero attached hydrogens (tertiary/aromatic N) is 1. The smallest absolute Gasteiger partial charge is 0.261 e. The van der Waals surface area contributed by atoms with Gasteiger partial charge in [-0.25, -0.2) is 0 Å². The van der Waals surface area contributed by atoms with Crippen molar-refractivity contribution in [3.8, 4) is 5.75 Å². The van der Waals surface area contributed by atoms with Gasteiger partial charge in [-0.1, -0.05) is 50.6 Å². The number of nitrogens with one attached hydrogen (secondary N) is 1. The summed E-state index contributed by atoms with van der Waals surface area (Å²) < 4.78 is 5.77. The number of halogens is 1.